The Balaban J connectivity index is 2.85. The highest BCUT2D eigenvalue weighted by atomic mass is 35.5. The van der Waals surface area contributed by atoms with Crippen molar-refractivity contribution in [1.82, 2.24) is 0 Å². The van der Waals surface area contributed by atoms with Crippen LogP contribution in [0.5, 0.6) is 0 Å². The summed E-state index contributed by atoms with van der Waals surface area (Å²) in [5, 5.41) is 11.6. The van der Waals surface area contributed by atoms with Crippen molar-refractivity contribution in [1.29, 1.82) is 0 Å². The van der Waals surface area contributed by atoms with Gasteiger partial charge in [-0.1, -0.05) is 29.8 Å². The summed E-state index contributed by atoms with van der Waals surface area (Å²) in [5.41, 5.74) is -0.675. The van der Waals surface area contributed by atoms with E-state index in [0.717, 1.165) is 5.56 Å². The van der Waals surface area contributed by atoms with Crippen LogP contribution in [0, 0.1) is 10.1 Å². The number of ether oxygens (including phenoxy) is 1. The van der Waals surface area contributed by atoms with E-state index in [1.165, 1.54) is 19.9 Å². The van der Waals surface area contributed by atoms with Gasteiger partial charge in [0.2, 0.25) is 0 Å². The van der Waals surface area contributed by atoms with E-state index >= 15 is 0 Å². The molecule has 1 atom stereocenters. The molecule has 1 aromatic carbocycles. The summed E-state index contributed by atoms with van der Waals surface area (Å²) >= 11 is 5.75. The van der Waals surface area contributed by atoms with Crippen LogP contribution >= 0.6 is 11.6 Å². The number of halogens is 1. The summed E-state index contributed by atoms with van der Waals surface area (Å²) in [4.78, 5) is 21.3. The van der Waals surface area contributed by atoms with Crippen LogP contribution in [-0.2, 0) is 9.53 Å². The van der Waals surface area contributed by atoms with Crippen molar-refractivity contribution < 1.29 is 14.5 Å². The van der Waals surface area contributed by atoms with Gasteiger partial charge >= 0.3 is 5.97 Å². The molecular weight excluding hydrogens is 270 g/mol. The van der Waals surface area contributed by atoms with Crippen LogP contribution in [0.25, 0.3) is 6.08 Å². The Hall–Kier alpha value is -1.88. The van der Waals surface area contributed by atoms with Crippen molar-refractivity contribution in [2.45, 2.75) is 19.4 Å². The van der Waals surface area contributed by atoms with Crippen LogP contribution in [0.1, 0.15) is 19.4 Å². The molecule has 0 aromatic heterocycles. The quantitative estimate of drug-likeness (QED) is 0.473. The molecule has 0 saturated heterocycles. The van der Waals surface area contributed by atoms with Gasteiger partial charge in [0, 0.05) is 23.8 Å². The second kappa shape index (κ2) is 6.33. The van der Waals surface area contributed by atoms with Gasteiger partial charge in [0.25, 0.3) is 5.54 Å². The van der Waals surface area contributed by atoms with Gasteiger partial charge in [-0.3, -0.25) is 14.9 Å². The Morgan fingerprint density at radius 2 is 2.05 bits per heavy atom. The number of benzene rings is 1. The van der Waals surface area contributed by atoms with E-state index in [9.17, 15) is 14.9 Å². The molecule has 1 rings (SSSR count). The van der Waals surface area contributed by atoms with Crippen molar-refractivity contribution in [3.8, 4) is 0 Å². The lowest BCUT2D eigenvalue weighted by atomic mass is 10.0. The number of carbonyl (C=O) groups is 1. The number of esters is 1. The Morgan fingerprint density at radius 1 is 1.47 bits per heavy atom. The first-order valence-corrected chi connectivity index (χ1v) is 5.94. The zero-order valence-electron chi connectivity index (χ0n) is 10.6. The molecule has 0 amide bonds. The average Bonchev–Trinajstić information content (AvgIpc) is 2.35. The summed E-state index contributed by atoms with van der Waals surface area (Å²) in [5.74, 6) is -0.548. The largest absolute Gasteiger partial charge is 0.458 e. The van der Waals surface area contributed by atoms with Gasteiger partial charge in [0.05, 0.1) is 0 Å². The molecular formula is C13H14ClNO4. The van der Waals surface area contributed by atoms with Crippen molar-refractivity contribution in [3.05, 3.63) is 51.0 Å². The van der Waals surface area contributed by atoms with Crippen LogP contribution in [-0.4, -0.2) is 23.0 Å². The highest BCUT2D eigenvalue weighted by Crippen LogP contribution is 2.16. The van der Waals surface area contributed by atoms with E-state index in [4.69, 9.17) is 16.3 Å². The first-order chi connectivity index (χ1) is 8.83. The minimum atomic E-state index is -1.45. The van der Waals surface area contributed by atoms with Gasteiger partial charge in [-0.25, -0.2) is 0 Å². The second-order valence-corrected chi connectivity index (χ2v) is 4.72. The predicted octanol–water partition coefficient (Wildman–Crippen LogP) is 2.95. The number of nitro groups is 1. The Bertz CT molecular complexity index is 498. The molecule has 6 heteroatoms. The summed E-state index contributed by atoms with van der Waals surface area (Å²) in [7, 11) is 0. The average molecular weight is 284 g/mol. The Labute approximate surface area is 116 Å². The molecule has 0 heterocycles. The van der Waals surface area contributed by atoms with E-state index in [-0.39, 0.29) is 6.61 Å². The summed E-state index contributed by atoms with van der Waals surface area (Å²) in [6.45, 7) is 2.30. The van der Waals surface area contributed by atoms with Crippen LogP contribution < -0.4 is 0 Å². The fraction of sp³-hybridized carbons (Fsp3) is 0.308. The molecule has 0 spiro atoms. The SMILES string of the molecule is CC(=O)OCC(C)(/C=C/c1ccc(Cl)cc1)[N+](=O)[O-]. The molecule has 0 radical (unpaired) electrons. The molecule has 0 N–H and O–H groups in total. The number of hydrogen-bond acceptors (Lipinski definition) is 4. The van der Waals surface area contributed by atoms with Gasteiger partial charge in [-0.15, -0.1) is 0 Å². The standard InChI is InChI=1S/C13H14ClNO4/c1-10(16)19-9-13(2,15(17)18)8-7-11-3-5-12(14)6-4-11/h3-8H,9H2,1-2H3/b8-7+. The van der Waals surface area contributed by atoms with Gasteiger partial charge < -0.3 is 4.74 Å². The molecule has 0 aliphatic heterocycles. The highest BCUT2D eigenvalue weighted by Gasteiger charge is 2.35. The minimum Gasteiger partial charge on any atom is -0.458 e. The second-order valence-electron chi connectivity index (χ2n) is 4.28. The number of rotatable bonds is 5. The van der Waals surface area contributed by atoms with E-state index < -0.39 is 16.4 Å². The van der Waals surface area contributed by atoms with Crippen LogP contribution in [0.2, 0.25) is 5.02 Å². The number of nitrogens with zero attached hydrogens (tertiary/aromatic N) is 1. The van der Waals surface area contributed by atoms with Crippen molar-refractivity contribution in [3.63, 3.8) is 0 Å². The normalized spacial score (nSPS) is 14.1. The van der Waals surface area contributed by atoms with E-state index in [2.05, 4.69) is 0 Å². The predicted molar refractivity (Wildman–Crippen MR) is 72.5 cm³/mol. The van der Waals surface area contributed by atoms with E-state index in [1.54, 1.807) is 30.3 Å². The van der Waals surface area contributed by atoms with Crippen LogP contribution in [0.3, 0.4) is 0 Å². The molecule has 102 valence electrons. The maximum atomic E-state index is 11.1. The van der Waals surface area contributed by atoms with Gasteiger partial charge in [0.15, 0.2) is 6.61 Å². The van der Waals surface area contributed by atoms with Crippen LogP contribution in [0.4, 0.5) is 0 Å². The number of hydrogen-bond donors (Lipinski definition) is 0. The fourth-order valence-corrected chi connectivity index (χ4v) is 1.39. The lowest BCUT2D eigenvalue weighted by Crippen LogP contribution is -2.38. The smallest absolute Gasteiger partial charge is 0.302 e. The highest BCUT2D eigenvalue weighted by molar-refractivity contribution is 6.30. The minimum absolute atomic E-state index is 0.306. The molecule has 0 saturated carbocycles. The van der Waals surface area contributed by atoms with Crippen molar-refractivity contribution in [2.24, 2.45) is 0 Å². The lowest BCUT2D eigenvalue weighted by molar-refractivity contribution is -0.553. The van der Waals surface area contributed by atoms with Crippen molar-refractivity contribution in [2.75, 3.05) is 6.61 Å². The third-order valence-electron chi connectivity index (χ3n) is 2.49. The molecule has 0 aliphatic carbocycles. The van der Waals surface area contributed by atoms with Gasteiger partial charge in [-0.05, 0) is 23.8 Å². The third-order valence-corrected chi connectivity index (χ3v) is 2.74. The Morgan fingerprint density at radius 3 is 2.53 bits per heavy atom. The van der Waals surface area contributed by atoms with Gasteiger partial charge in [-0.2, -0.15) is 0 Å². The fourth-order valence-electron chi connectivity index (χ4n) is 1.26. The van der Waals surface area contributed by atoms with Crippen LogP contribution in [0.15, 0.2) is 30.3 Å². The molecule has 0 fully saturated rings. The molecule has 5 nitrogen and oxygen atoms in total. The van der Waals surface area contributed by atoms with Gasteiger partial charge in [0.1, 0.15) is 0 Å². The van der Waals surface area contributed by atoms with E-state index in [0.29, 0.717) is 5.02 Å². The maximum absolute atomic E-state index is 11.1. The first kappa shape index (κ1) is 15.2. The molecule has 0 aliphatic rings. The summed E-state index contributed by atoms with van der Waals surface area (Å²) in [6, 6.07) is 6.86. The summed E-state index contributed by atoms with van der Waals surface area (Å²) in [6.07, 6.45) is 3.00. The Kier molecular flexibility index (Phi) is 5.06. The zero-order chi connectivity index (χ0) is 14.5. The zero-order valence-corrected chi connectivity index (χ0v) is 11.4. The lowest BCUT2D eigenvalue weighted by Gasteiger charge is -2.16. The summed E-state index contributed by atoms with van der Waals surface area (Å²) < 4.78 is 4.72. The molecule has 19 heavy (non-hydrogen) atoms. The monoisotopic (exact) mass is 283 g/mol. The maximum Gasteiger partial charge on any atom is 0.302 e. The molecule has 1 unspecified atom stereocenters. The molecule has 1 aromatic rings. The number of carbonyl (C=O) groups excluding carboxylic acids is 1. The first-order valence-electron chi connectivity index (χ1n) is 5.56. The van der Waals surface area contributed by atoms with E-state index in [1.807, 2.05) is 0 Å². The topological polar surface area (TPSA) is 69.4 Å². The molecule has 0 bridgehead atoms. The third kappa shape index (κ3) is 4.71. The van der Waals surface area contributed by atoms with Crippen molar-refractivity contribution >= 4 is 23.6 Å².